The van der Waals surface area contributed by atoms with Crippen molar-refractivity contribution in [1.29, 1.82) is 0 Å². The van der Waals surface area contributed by atoms with Crippen LogP contribution in [0.3, 0.4) is 0 Å². The van der Waals surface area contributed by atoms with E-state index in [1.165, 1.54) is 11.5 Å². The van der Waals surface area contributed by atoms with Gasteiger partial charge in [-0.15, -0.1) is 5.10 Å². The third-order valence-corrected chi connectivity index (χ3v) is 2.50. The molecule has 0 aliphatic heterocycles. The Labute approximate surface area is 91.8 Å². The minimum absolute atomic E-state index is 0.0389. The van der Waals surface area contributed by atoms with E-state index in [-0.39, 0.29) is 5.91 Å². The van der Waals surface area contributed by atoms with Gasteiger partial charge in [0.15, 0.2) is 0 Å². The summed E-state index contributed by atoms with van der Waals surface area (Å²) in [6.07, 6.45) is 0. The van der Waals surface area contributed by atoms with E-state index >= 15 is 0 Å². The molecule has 0 radical (unpaired) electrons. The molecule has 1 aromatic rings. The van der Waals surface area contributed by atoms with E-state index in [1.807, 2.05) is 11.9 Å². The molecule has 7 nitrogen and oxygen atoms in total. The van der Waals surface area contributed by atoms with Crippen LogP contribution in [0.5, 0.6) is 0 Å². The van der Waals surface area contributed by atoms with Gasteiger partial charge in [-0.1, -0.05) is 4.49 Å². The van der Waals surface area contributed by atoms with Crippen LogP contribution in [0.2, 0.25) is 0 Å². The first-order valence-electron chi connectivity index (χ1n) is 4.34. The fraction of sp³-hybridized carbons (Fsp3) is 0.571. The first kappa shape index (κ1) is 11.8. The number of anilines is 1. The second kappa shape index (κ2) is 5.59. The summed E-state index contributed by atoms with van der Waals surface area (Å²) < 4.78 is 3.77. The molecule has 1 aromatic heterocycles. The van der Waals surface area contributed by atoms with Crippen molar-refractivity contribution in [2.24, 2.45) is 5.84 Å². The van der Waals surface area contributed by atoms with Crippen LogP contribution in [0.4, 0.5) is 5.00 Å². The van der Waals surface area contributed by atoms with Gasteiger partial charge in [-0.3, -0.25) is 9.69 Å². The number of carbonyl (C=O) groups is 1. The summed E-state index contributed by atoms with van der Waals surface area (Å²) >= 11 is 1.19. The SMILES string of the molecule is CNC(=O)CN(C)Cc1nnsc1NN. The molecule has 0 spiro atoms. The summed E-state index contributed by atoms with van der Waals surface area (Å²) in [4.78, 5) is 12.9. The predicted octanol–water partition coefficient (Wildman–Crippen LogP) is -0.998. The minimum atomic E-state index is -0.0389. The maximum Gasteiger partial charge on any atom is 0.233 e. The Balaban J connectivity index is 2.50. The van der Waals surface area contributed by atoms with Crippen molar-refractivity contribution in [3.8, 4) is 0 Å². The number of carbonyl (C=O) groups excluding carboxylic acids is 1. The van der Waals surface area contributed by atoms with Gasteiger partial charge in [0.1, 0.15) is 10.7 Å². The number of hydrazine groups is 1. The third-order valence-electron chi connectivity index (χ3n) is 1.80. The molecule has 84 valence electrons. The molecule has 0 saturated carbocycles. The van der Waals surface area contributed by atoms with Crippen molar-refractivity contribution in [1.82, 2.24) is 19.8 Å². The van der Waals surface area contributed by atoms with Gasteiger partial charge in [0.2, 0.25) is 5.91 Å². The van der Waals surface area contributed by atoms with Crippen molar-refractivity contribution in [2.75, 3.05) is 26.1 Å². The predicted molar refractivity (Wildman–Crippen MR) is 58.1 cm³/mol. The maximum absolute atomic E-state index is 11.1. The summed E-state index contributed by atoms with van der Waals surface area (Å²) in [7, 11) is 3.43. The van der Waals surface area contributed by atoms with Crippen molar-refractivity contribution in [3.63, 3.8) is 0 Å². The number of nitrogens with one attached hydrogen (secondary N) is 2. The van der Waals surface area contributed by atoms with E-state index in [1.54, 1.807) is 7.05 Å². The van der Waals surface area contributed by atoms with Crippen molar-refractivity contribution < 1.29 is 4.79 Å². The molecule has 0 aliphatic rings. The Bertz CT molecular complexity index is 327. The molecule has 15 heavy (non-hydrogen) atoms. The van der Waals surface area contributed by atoms with Crippen LogP contribution in [-0.2, 0) is 11.3 Å². The number of likely N-dealkylation sites (N-methyl/N-ethyl adjacent to an activating group) is 2. The average molecular weight is 230 g/mol. The highest BCUT2D eigenvalue weighted by Gasteiger charge is 2.11. The first-order valence-corrected chi connectivity index (χ1v) is 5.11. The number of nitrogens with two attached hydrogens (primary N) is 1. The summed E-state index contributed by atoms with van der Waals surface area (Å²) in [6, 6.07) is 0. The lowest BCUT2D eigenvalue weighted by atomic mass is 10.4. The molecular weight excluding hydrogens is 216 g/mol. The highest BCUT2D eigenvalue weighted by atomic mass is 32.1. The fourth-order valence-electron chi connectivity index (χ4n) is 1.06. The van der Waals surface area contributed by atoms with E-state index in [9.17, 15) is 4.79 Å². The topological polar surface area (TPSA) is 96.2 Å². The second-order valence-electron chi connectivity index (χ2n) is 3.04. The largest absolute Gasteiger partial charge is 0.358 e. The average Bonchev–Trinajstić information content (AvgIpc) is 2.64. The van der Waals surface area contributed by atoms with Crippen molar-refractivity contribution >= 4 is 22.4 Å². The normalized spacial score (nSPS) is 10.4. The molecule has 0 unspecified atom stereocenters. The molecule has 0 aliphatic carbocycles. The molecule has 0 fully saturated rings. The Kier molecular flexibility index (Phi) is 4.40. The fourth-order valence-corrected chi connectivity index (χ4v) is 1.54. The molecule has 1 heterocycles. The molecule has 0 aromatic carbocycles. The number of nitrogens with zero attached hydrogens (tertiary/aromatic N) is 3. The number of nitrogen functional groups attached to an aromatic ring is 1. The maximum atomic E-state index is 11.1. The quantitative estimate of drug-likeness (QED) is 0.443. The standard InChI is InChI=1S/C7H14N6OS/c1-9-6(14)4-13(2)3-5-7(10-8)15-12-11-5/h10H,3-4,8H2,1-2H3,(H,9,14). The van der Waals surface area contributed by atoms with Crippen LogP contribution in [0.15, 0.2) is 0 Å². The lowest BCUT2D eigenvalue weighted by Gasteiger charge is -2.14. The van der Waals surface area contributed by atoms with Gasteiger partial charge in [-0.2, -0.15) is 0 Å². The molecule has 1 rings (SSSR count). The van der Waals surface area contributed by atoms with Crippen LogP contribution in [0.25, 0.3) is 0 Å². The number of amides is 1. The first-order chi connectivity index (χ1) is 7.17. The van der Waals surface area contributed by atoms with Gasteiger partial charge in [0, 0.05) is 25.1 Å². The summed E-state index contributed by atoms with van der Waals surface area (Å²) in [5.41, 5.74) is 3.26. The van der Waals surface area contributed by atoms with E-state index in [0.29, 0.717) is 13.1 Å². The van der Waals surface area contributed by atoms with E-state index in [4.69, 9.17) is 5.84 Å². The van der Waals surface area contributed by atoms with E-state index in [0.717, 1.165) is 10.7 Å². The zero-order valence-electron chi connectivity index (χ0n) is 8.65. The second-order valence-corrected chi connectivity index (χ2v) is 3.79. The number of aromatic nitrogens is 2. The van der Waals surface area contributed by atoms with Gasteiger partial charge in [0.05, 0.1) is 6.54 Å². The van der Waals surface area contributed by atoms with Crippen LogP contribution in [0.1, 0.15) is 5.69 Å². The van der Waals surface area contributed by atoms with Crippen molar-refractivity contribution in [2.45, 2.75) is 6.54 Å². The van der Waals surface area contributed by atoms with Gasteiger partial charge >= 0.3 is 0 Å². The van der Waals surface area contributed by atoms with Crippen LogP contribution in [-0.4, -0.2) is 41.0 Å². The summed E-state index contributed by atoms with van der Waals surface area (Å²) in [5.74, 6) is 5.24. The molecule has 1 amide bonds. The number of hydrogen-bond acceptors (Lipinski definition) is 7. The summed E-state index contributed by atoms with van der Waals surface area (Å²) in [6.45, 7) is 0.849. The molecule has 0 saturated heterocycles. The number of hydrogen-bond donors (Lipinski definition) is 3. The minimum Gasteiger partial charge on any atom is -0.358 e. The highest BCUT2D eigenvalue weighted by molar-refractivity contribution is 7.10. The van der Waals surface area contributed by atoms with Gasteiger partial charge < -0.3 is 10.7 Å². The Morgan fingerprint density at radius 2 is 2.40 bits per heavy atom. The van der Waals surface area contributed by atoms with Gasteiger partial charge in [0.25, 0.3) is 0 Å². The smallest absolute Gasteiger partial charge is 0.233 e. The molecule has 0 bridgehead atoms. The highest BCUT2D eigenvalue weighted by Crippen LogP contribution is 2.16. The lowest BCUT2D eigenvalue weighted by molar-refractivity contribution is -0.121. The van der Waals surface area contributed by atoms with E-state index in [2.05, 4.69) is 20.3 Å². The molecule has 4 N–H and O–H groups in total. The van der Waals surface area contributed by atoms with E-state index < -0.39 is 0 Å². The zero-order valence-corrected chi connectivity index (χ0v) is 9.47. The van der Waals surface area contributed by atoms with Crippen molar-refractivity contribution in [3.05, 3.63) is 5.69 Å². The number of rotatable bonds is 5. The monoisotopic (exact) mass is 230 g/mol. The molecule has 8 heteroatoms. The zero-order chi connectivity index (χ0) is 11.3. The molecular formula is C7H14N6OS. The molecule has 0 atom stereocenters. The summed E-state index contributed by atoms with van der Waals surface area (Å²) in [5, 5.41) is 7.18. The Hall–Kier alpha value is -1.25. The van der Waals surface area contributed by atoms with Crippen LogP contribution >= 0.6 is 11.5 Å². The van der Waals surface area contributed by atoms with Gasteiger partial charge in [-0.05, 0) is 7.05 Å². The Morgan fingerprint density at radius 1 is 1.67 bits per heavy atom. The van der Waals surface area contributed by atoms with Gasteiger partial charge in [-0.25, -0.2) is 5.84 Å². The lowest BCUT2D eigenvalue weighted by Crippen LogP contribution is -2.32. The third kappa shape index (κ3) is 3.42. The Morgan fingerprint density at radius 3 is 3.00 bits per heavy atom. The van der Waals surface area contributed by atoms with Crippen LogP contribution in [0, 0.1) is 0 Å². The van der Waals surface area contributed by atoms with Crippen LogP contribution < -0.4 is 16.6 Å².